The number of nitro benzene ring substituents is 1. The number of rotatable bonds is 8. The number of aliphatic hydroxyl groups is 1. The van der Waals surface area contributed by atoms with Gasteiger partial charge in [0.05, 0.1) is 11.5 Å². The summed E-state index contributed by atoms with van der Waals surface area (Å²) in [5, 5.41) is 30.1. The van der Waals surface area contributed by atoms with E-state index in [1.807, 2.05) is 0 Å². The second kappa shape index (κ2) is 7.95. The van der Waals surface area contributed by atoms with Crippen molar-refractivity contribution in [1.29, 1.82) is 0 Å². The van der Waals surface area contributed by atoms with E-state index in [0.29, 0.717) is 12.8 Å². The fourth-order valence-electron chi connectivity index (χ4n) is 1.69. The molecule has 0 aromatic heterocycles. The third-order valence-corrected chi connectivity index (χ3v) is 2.83. The highest BCUT2D eigenvalue weighted by Crippen LogP contribution is 2.13. The van der Waals surface area contributed by atoms with Gasteiger partial charge in [0.15, 0.2) is 0 Å². The van der Waals surface area contributed by atoms with Crippen molar-refractivity contribution in [3.63, 3.8) is 0 Å². The summed E-state index contributed by atoms with van der Waals surface area (Å²) in [6.07, 6.45) is 1.13. The molecule has 0 fully saturated rings. The third-order valence-electron chi connectivity index (χ3n) is 2.83. The maximum Gasteiger partial charge on any atom is 0.328 e. The average molecular weight is 296 g/mol. The highest BCUT2D eigenvalue weighted by molar-refractivity contribution is 5.83. The molecule has 0 spiro atoms. The predicted molar refractivity (Wildman–Crippen MR) is 72.7 cm³/mol. The lowest BCUT2D eigenvalue weighted by atomic mass is 10.1. The predicted octanol–water partition coefficient (Wildman–Crippen LogP) is 0.479. The van der Waals surface area contributed by atoms with E-state index in [1.165, 1.54) is 12.1 Å². The van der Waals surface area contributed by atoms with Crippen LogP contribution in [-0.2, 0) is 16.0 Å². The first kappa shape index (κ1) is 16.6. The molecule has 0 aliphatic heterocycles. The summed E-state index contributed by atoms with van der Waals surface area (Å²) in [7, 11) is 0. The topological polar surface area (TPSA) is 130 Å². The zero-order valence-electron chi connectivity index (χ0n) is 11.2. The standard InChI is InChI=1S/C13H16N2O6/c16-8-11(13(18)19)14-12(17)3-1-2-9-4-6-10(7-5-9)15(20)21/h4-7,11,16H,1-3,8H2,(H,14,17)(H,18,19). The summed E-state index contributed by atoms with van der Waals surface area (Å²) in [4.78, 5) is 32.1. The second-order valence-corrected chi connectivity index (χ2v) is 4.42. The number of aliphatic carboxylic acids is 1. The van der Waals surface area contributed by atoms with Gasteiger partial charge in [-0.2, -0.15) is 0 Å². The van der Waals surface area contributed by atoms with Gasteiger partial charge >= 0.3 is 5.97 Å². The summed E-state index contributed by atoms with van der Waals surface area (Å²) < 4.78 is 0. The number of aryl methyl sites for hydroxylation is 1. The van der Waals surface area contributed by atoms with Crippen molar-refractivity contribution < 1.29 is 24.7 Å². The molecule has 1 aromatic rings. The molecular formula is C13H16N2O6. The van der Waals surface area contributed by atoms with Gasteiger partial charge in [0.25, 0.3) is 5.69 Å². The number of nitrogens with one attached hydrogen (secondary N) is 1. The molecular weight excluding hydrogens is 280 g/mol. The van der Waals surface area contributed by atoms with Crippen LogP contribution in [0.4, 0.5) is 5.69 Å². The number of amides is 1. The fraction of sp³-hybridized carbons (Fsp3) is 0.385. The van der Waals surface area contributed by atoms with Crippen LogP contribution in [0.3, 0.4) is 0 Å². The molecule has 1 atom stereocenters. The lowest BCUT2D eigenvalue weighted by molar-refractivity contribution is -0.384. The smallest absolute Gasteiger partial charge is 0.328 e. The SMILES string of the molecule is O=C(CCCc1ccc([N+](=O)[O-])cc1)NC(CO)C(=O)O. The van der Waals surface area contributed by atoms with Gasteiger partial charge in [0.2, 0.25) is 5.91 Å². The lowest BCUT2D eigenvalue weighted by Gasteiger charge is -2.11. The van der Waals surface area contributed by atoms with E-state index in [-0.39, 0.29) is 12.1 Å². The van der Waals surface area contributed by atoms with Gasteiger partial charge < -0.3 is 15.5 Å². The molecule has 1 aromatic carbocycles. The highest BCUT2D eigenvalue weighted by Gasteiger charge is 2.18. The van der Waals surface area contributed by atoms with E-state index in [4.69, 9.17) is 10.2 Å². The van der Waals surface area contributed by atoms with Crippen molar-refractivity contribution in [2.75, 3.05) is 6.61 Å². The number of hydrogen-bond donors (Lipinski definition) is 3. The molecule has 0 aliphatic rings. The first-order chi connectivity index (χ1) is 9.93. The van der Waals surface area contributed by atoms with Crippen molar-refractivity contribution in [2.24, 2.45) is 0 Å². The Kier molecular flexibility index (Phi) is 6.28. The molecule has 8 nitrogen and oxygen atoms in total. The van der Waals surface area contributed by atoms with Gasteiger partial charge in [-0.05, 0) is 18.4 Å². The molecule has 0 heterocycles. The number of aliphatic hydroxyl groups excluding tert-OH is 1. The van der Waals surface area contributed by atoms with E-state index in [9.17, 15) is 19.7 Å². The molecule has 3 N–H and O–H groups in total. The summed E-state index contributed by atoms with van der Waals surface area (Å²) in [5.74, 6) is -1.75. The number of hydrogen-bond acceptors (Lipinski definition) is 5. The molecule has 0 radical (unpaired) electrons. The number of benzene rings is 1. The van der Waals surface area contributed by atoms with Crippen molar-refractivity contribution in [3.8, 4) is 0 Å². The van der Waals surface area contributed by atoms with Crippen LogP contribution >= 0.6 is 0 Å². The molecule has 8 heteroatoms. The summed E-state index contributed by atoms with van der Waals surface area (Å²) in [6.45, 7) is -0.663. The Morgan fingerprint density at radius 1 is 1.29 bits per heavy atom. The number of carbonyl (C=O) groups is 2. The van der Waals surface area contributed by atoms with E-state index in [2.05, 4.69) is 5.32 Å². The molecule has 1 unspecified atom stereocenters. The normalized spacial score (nSPS) is 11.7. The van der Waals surface area contributed by atoms with Crippen molar-refractivity contribution in [1.82, 2.24) is 5.32 Å². The van der Waals surface area contributed by atoms with Crippen LogP contribution in [0.15, 0.2) is 24.3 Å². The third kappa shape index (κ3) is 5.57. The van der Waals surface area contributed by atoms with E-state index >= 15 is 0 Å². The maximum atomic E-state index is 11.5. The highest BCUT2D eigenvalue weighted by atomic mass is 16.6. The Hall–Kier alpha value is -2.48. The molecule has 0 saturated carbocycles. The molecule has 0 bridgehead atoms. The number of carboxylic acids is 1. The minimum absolute atomic E-state index is 0.00346. The Balaban J connectivity index is 2.37. The largest absolute Gasteiger partial charge is 0.480 e. The van der Waals surface area contributed by atoms with Gasteiger partial charge in [0, 0.05) is 18.6 Å². The quantitative estimate of drug-likeness (QED) is 0.472. The molecule has 0 saturated heterocycles. The van der Waals surface area contributed by atoms with Crippen LogP contribution in [0.25, 0.3) is 0 Å². The number of carbonyl (C=O) groups excluding carboxylic acids is 1. The first-order valence-electron chi connectivity index (χ1n) is 6.30. The van der Waals surface area contributed by atoms with E-state index in [0.717, 1.165) is 5.56 Å². The zero-order valence-corrected chi connectivity index (χ0v) is 11.2. The average Bonchev–Trinajstić information content (AvgIpc) is 2.45. The van der Waals surface area contributed by atoms with Crippen LogP contribution < -0.4 is 5.32 Å². The minimum Gasteiger partial charge on any atom is -0.480 e. The first-order valence-corrected chi connectivity index (χ1v) is 6.30. The summed E-state index contributed by atoms with van der Waals surface area (Å²) in [5.41, 5.74) is 0.856. The number of non-ortho nitro benzene ring substituents is 1. The molecule has 21 heavy (non-hydrogen) atoms. The number of nitrogens with zero attached hydrogens (tertiary/aromatic N) is 1. The van der Waals surface area contributed by atoms with Crippen molar-refractivity contribution >= 4 is 17.6 Å². The van der Waals surface area contributed by atoms with Crippen molar-refractivity contribution in [2.45, 2.75) is 25.3 Å². The lowest BCUT2D eigenvalue weighted by Crippen LogP contribution is -2.43. The van der Waals surface area contributed by atoms with Crippen LogP contribution in [0.5, 0.6) is 0 Å². The van der Waals surface area contributed by atoms with Crippen molar-refractivity contribution in [3.05, 3.63) is 39.9 Å². The van der Waals surface area contributed by atoms with Gasteiger partial charge in [0.1, 0.15) is 6.04 Å². The number of carboxylic acid groups (broad SMARTS) is 1. The molecule has 114 valence electrons. The minimum atomic E-state index is -1.29. The zero-order chi connectivity index (χ0) is 15.8. The van der Waals surface area contributed by atoms with Gasteiger partial charge in [-0.15, -0.1) is 0 Å². The van der Waals surface area contributed by atoms with E-state index in [1.54, 1.807) is 12.1 Å². The Labute approximate surface area is 120 Å². The molecule has 1 rings (SSSR count). The van der Waals surface area contributed by atoms with Crippen LogP contribution in [0.1, 0.15) is 18.4 Å². The van der Waals surface area contributed by atoms with Crippen LogP contribution in [-0.4, -0.2) is 39.7 Å². The van der Waals surface area contributed by atoms with Gasteiger partial charge in [-0.25, -0.2) is 4.79 Å². The fourth-order valence-corrected chi connectivity index (χ4v) is 1.69. The molecule has 0 aliphatic carbocycles. The molecule has 1 amide bonds. The Morgan fingerprint density at radius 2 is 1.90 bits per heavy atom. The Morgan fingerprint density at radius 3 is 2.38 bits per heavy atom. The van der Waals surface area contributed by atoms with Crippen LogP contribution in [0, 0.1) is 10.1 Å². The van der Waals surface area contributed by atoms with E-state index < -0.39 is 29.4 Å². The maximum absolute atomic E-state index is 11.5. The monoisotopic (exact) mass is 296 g/mol. The summed E-state index contributed by atoms with van der Waals surface area (Å²) in [6, 6.07) is 4.72. The van der Waals surface area contributed by atoms with Crippen LogP contribution in [0.2, 0.25) is 0 Å². The number of nitro groups is 1. The Bertz CT molecular complexity index is 514. The van der Waals surface area contributed by atoms with Gasteiger partial charge in [-0.3, -0.25) is 14.9 Å². The second-order valence-electron chi connectivity index (χ2n) is 4.42. The summed E-state index contributed by atoms with van der Waals surface area (Å²) >= 11 is 0. The van der Waals surface area contributed by atoms with Gasteiger partial charge in [-0.1, -0.05) is 12.1 Å².